The van der Waals surface area contributed by atoms with E-state index in [-0.39, 0.29) is 24.7 Å². The van der Waals surface area contributed by atoms with Gasteiger partial charge in [-0.25, -0.2) is 17.6 Å². The minimum Gasteiger partial charge on any atom is -0.493 e. The van der Waals surface area contributed by atoms with Gasteiger partial charge in [0.15, 0.2) is 0 Å². The number of ether oxygens (including phenoxy) is 2. The molecule has 26 heavy (non-hydrogen) atoms. The summed E-state index contributed by atoms with van der Waals surface area (Å²) in [6, 6.07) is 2.50. The van der Waals surface area contributed by atoms with Crippen molar-refractivity contribution in [2.24, 2.45) is 0 Å². The monoisotopic (exact) mass is 370 g/mol. The zero-order valence-corrected chi connectivity index (χ0v) is 14.9. The van der Waals surface area contributed by atoms with Crippen LogP contribution in [-0.4, -0.2) is 13.2 Å². The number of hydrogen-bond donors (Lipinski definition) is 0. The quantitative estimate of drug-likeness (QED) is 0.289. The van der Waals surface area contributed by atoms with Crippen molar-refractivity contribution in [3.05, 3.63) is 23.3 Å². The molecule has 0 aliphatic carbocycles. The van der Waals surface area contributed by atoms with Crippen LogP contribution in [0.5, 0.6) is 11.5 Å². The van der Waals surface area contributed by atoms with Gasteiger partial charge in [-0.1, -0.05) is 0 Å². The zero-order valence-electron chi connectivity index (χ0n) is 14.9. The second-order valence-corrected chi connectivity index (χ2v) is 5.25. The topological polar surface area (TPSA) is 18.5 Å². The highest BCUT2D eigenvalue weighted by atomic mass is 19.3. The van der Waals surface area contributed by atoms with Crippen molar-refractivity contribution < 1.29 is 27.0 Å². The fourth-order valence-corrected chi connectivity index (χ4v) is 2.23. The highest BCUT2D eigenvalue weighted by molar-refractivity contribution is 5.50. The van der Waals surface area contributed by atoms with Crippen LogP contribution < -0.4 is 9.47 Å². The Bertz CT molecular complexity index is 620. The van der Waals surface area contributed by atoms with E-state index >= 15 is 0 Å². The lowest BCUT2D eigenvalue weighted by Crippen LogP contribution is -2.07. The van der Waals surface area contributed by atoms with E-state index in [1.165, 1.54) is 12.1 Å². The Balaban J connectivity index is 2.96. The van der Waals surface area contributed by atoms with Crippen LogP contribution in [0.1, 0.15) is 63.5 Å². The second kappa shape index (κ2) is 12.1. The highest BCUT2D eigenvalue weighted by Crippen LogP contribution is 2.42. The first-order valence-electron chi connectivity index (χ1n) is 8.30. The van der Waals surface area contributed by atoms with Gasteiger partial charge in [0.1, 0.15) is 11.5 Å². The summed E-state index contributed by atoms with van der Waals surface area (Å²) in [6.07, 6.45) is -4.07. The summed E-state index contributed by atoms with van der Waals surface area (Å²) in [4.78, 5) is 0. The second-order valence-electron chi connectivity index (χ2n) is 5.25. The highest BCUT2D eigenvalue weighted by Gasteiger charge is 2.28. The van der Waals surface area contributed by atoms with E-state index in [0.717, 1.165) is 0 Å². The third-order valence-corrected chi connectivity index (χ3v) is 3.40. The molecule has 1 aromatic rings. The number of benzene rings is 1. The van der Waals surface area contributed by atoms with Crippen molar-refractivity contribution in [3.8, 4) is 35.2 Å². The molecule has 142 valence electrons. The number of hydrogen-bond acceptors (Lipinski definition) is 2. The van der Waals surface area contributed by atoms with Crippen LogP contribution in [-0.2, 0) is 0 Å². The molecule has 0 spiro atoms. The molecule has 0 saturated carbocycles. The summed E-state index contributed by atoms with van der Waals surface area (Å²) >= 11 is 0. The molecule has 0 unspecified atom stereocenters. The predicted octanol–water partition coefficient (Wildman–Crippen LogP) is 5.93. The van der Waals surface area contributed by atoms with E-state index in [9.17, 15) is 17.6 Å². The number of unbranched alkanes of at least 4 members (excludes halogenated alkanes) is 2. The number of alkyl halides is 4. The maximum absolute atomic E-state index is 13.4. The molecular weight excluding hydrogens is 348 g/mol. The van der Waals surface area contributed by atoms with Crippen molar-refractivity contribution in [3.63, 3.8) is 0 Å². The maximum Gasteiger partial charge on any atom is 0.268 e. The van der Waals surface area contributed by atoms with Gasteiger partial charge >= 0.3 is 0 Å². The van der Waals surface area contributed by atoms with E-state index in [1.54, 1.807) is 13.8 Å². The van der Waals surface area contributed by atoms with Crippen LogP contribution in [0.25, 0.3) is 0 Å². The standard InChI is InChI=1S/C20H22F4O2/c1-3-5-7-9-13-25-15-11-12-16(26-14-10-8-6-4-2)18(20(23)24)17(15)19(21)22/h11-12,19-20H,7-10,13-14H2,1-2H3. The van der Waals surface area contributed by atoms with Crippen LogP contribution in [0.2, 0.25) is 0 Å². The van der Waals surface area contributed by atoms with Gasteiger partial charge in [0.2, 0.25) is 0 Å². The molecule has 0 fully saturated rings. The average molecular weight is 370 g/mol. The smallest absolute Gasteiger partial charge is 0.268 e. The van der Waals surface area contributed by atoms with Crippen molar-refractivity contribution in [1.82, 2.24) is 0 Å². The normalized spacial score (nSPS) is 10.2. The van der Waals surface area contributed by atoms with Crippen LogP contribution >= 0.6 is 0 Å². The molecule has 0 radical (unpaired) electrons. The van der Waals surface area contributed by atoms with Crippen molar-refractivity contribution in [2.75, 3.05) is 13.2 Å². The molecule has 0 heterocycles. The van der Waals surface area contributed by atoms with Gasteiger partial charge in [-0.3, -0.25) is 0 Å². The third-order valence-electron chi connectivity index (χ3n) is 3.40. The predicted molar refractivity (Wildman–Crippen MR) is 92.7 cm³/mol. The van der Waals surface area contributed by atoms with Gasteiger partial charge in [-0.15, -0.1) is 23.7 Å². The van der Waals surface area contributed by atoms with Crippen molar-refractivity contribution >= 4 is 0 Å². The lowest BCUT2D eigenvalue weighted by atomic mass is 10.1. The van der Waals surface area contributed by atoms with Gasteiger partial charge in [0, 0.05) is 12.8 Å². The molecule has 0 amide bonds. The fourth-order valence-electron chi connectivity index (χ4n) is 2.23. The Hall–Kier alpha value is -2.34. The summed E-state index contributed by atoms with van der Waals surface area (Å²) < 4.78 is 64.3. The lowest BCUT2D eigenvalue weighted by Gasteiger charge is -2.18. The first kappa shape index (κ1) is 21.7. The molecule has 0 atom stereocenters. The molecule has 2 nitrogen and oxygen atoms in total. The Morgan fingerprint density at radius 2 is 1.15 bits per heavy atom. The van der Waals surface area contributed by atoms with Gasteiger partial charge in [-0.05, 0) is 38.8 Å². The average Bonchev–Trinajstić information content (AvgIpc) is 2.61. The van der Waals surface area contributed by atoms with Crippen molar-refractivity contribution in [1.29, 1.82) is 0 Å². The Morgan fingerprint density at radius 3 is 1.46 bits per heavy atom. The molecule has 6 heteroatoms. The van der Waals surface area contributed by atoms with E-state index in [4.69, 9.17) is 9.47 Å². The minimum atomic E-state index is -3.10. The Kier molecular flexibility index (Phi) is 10.1. The number of halogens is 4. The minimum absolute atomic E-state index is 0.118. The van der Waals surface area contributed by atoms with E-state index in [2.05, 4.69) is 23.7 Å². The summed E-state index contributed by atoms with van der Waals surface area (Å²) in [5.74, 6) is 10.6. The molecule has 0 bridgehead atoms. The third kappa shape index (κ3) is 6.88. The van der Waals surface area contributed by atoms with Gasteiger partial charge in [0.25, 0.3) is 12.9 Å². The van der Waals surface area contributed by atoms with Crippen LogP contribution in [0, 0.1) is 23.7 Å². The first-order chi connectivity index (χ1) is 12.5. The van der Waals surface area contributed by atoms with Crippen molar-refractivity contribution in [2.45, 2.75) is 52.4 Å². The van der Waals surface area contributed by atoms with Gasteiger partial charge in [-0.2, -0.15) is 0 Å². The van der Waals surface area contributed by atoms with E-state index < -0.39 is 24.0 Å². The van der Waals surface area contributed by atoms with Gasteiger partial charge in [0.05, 0.1) is 24.3 Å². The molecule has 1 aromatic carbocycles. The summed E-state index contributed by atoms with van der Waals surface area (Å²) in [7, 11) is 0. The zero-order chi connectivity index (χ0) is 19.4. The summed E-state index contributed by atoms with van der Waals surface area (Å²) in [5, 5.41) is 0. The molecule has 0 aliphatic rings. The van der Waals surface area contributed by atoms with Crippen LogP contribution in [0.15, 0.2) is 12.1 Å². The first-order valence-corrected chi connectivity index (χ1v) is 8.30. The lowest BCUT2D eigenvalue weighted by molar-refractivity contribution is 0.115. The summed E-state index contributed by atoms with van der Waals surface area (Å²) in [6.45, 7) is 3.62. The largest absolute Gasteiger partial charge is 0.493 e. The molecule has 0 saturated heterocycles. The Morgan fingerprint density at radius 1 is 0.769 bits per heavy atom. The van der Waals surface area contributed by atoms with E-state index in [0.29, 0.717) is 25.7 Å². The molecule has 0 aromatic heterocycles. The maximum atomic E-state index is 13.4. The molecule has 0 aliphatic heterocycles. The molecule has 1 rings (SSSR count). The molecular formula is C20H22F4O2. The van der Waals surface area contributed by atoms with Crippen LogP contribution in [0.4, 0.5) is 17.6 Å². The summed E-state index contributed by atoms with van der Waals surface area (Å²) in [5.41, 5.74) is -1.63. The van der Waals surface area contributed by atoms with E-state index in [1.807, 2.05) is 0 Å². The van der Waals surface area contributed by atoms with Gasteiger partial charge < -0.3 is 9.47 Å². The SMILES string of the molecule is CC#CCCCOc1ccc(OCCCC#CC)c(C(F)F)c1C(F)F. The number of rotatable bonds is 10. The fraction of sp³-hybridized carbons (Fsp3) is 0.500. The molecule has 0 N–H and O–H groups in total. The van der Waals surface area contributed by atoms with Crippen LogP contribution in [0.3, 0.4) is 0 Å². The Labute approximate surface area is 151 Å².